The van der Waals surface area contributed by atoms with Crippen LogP contribution in [0.4, 0.5) is 16.0 Å². The molecular weight excluding hydrogens is 231 g/mol. The Hall–Kier alpha value is -2.71. The van der Waals surface area contributed by atoms with Crippen molar-refractivity contribution in [2.24, 2.45) is 0 Å². The van der Waals surface area contributed by atoms with E-state index in [9.17, 15) is 14.5 Å². The van der Waals surface area contributed by atoms with Crippen LogP contribution >= 0.6 is 0 Å². The van der Waals surface area contributed by atoms with Gasteiger partial charge in [0.15, 0.2) is 5.82 Å². The highest BCUT2D eigenvalue weighted by atomic mass is 19.1. The van der Waals surface area contributed by atoms with E-state index in [1.54, 1.807) is 0 Å². The van der Waals surface area contributed by atoms with Crippen LogP contribution < -0.4 is 11.6 Å². The van der Waals surface area contributed by atoms with E-state index < -0.39 is 10.7 Å². The Balaban J connectivity index is 2.69. The number of hydrogen-bond acceptors (Lipinski definition) is 6. The largest absolute Gasteiger partial charge is 0.366 e. The van der Waals surface area contributed by atoms with Crippen molar-refractivity contribution >= 4 is 11.6 Å². The minimum absolute atomic E-state index is 0.0753. The standard InChI is InChI=1S/C8H7FN6O2/c9-4-1-2-6(15(16)17)5(3-4)7-12-13-8(10)14(7)11/h1-3H,11H2,(H2,10,13). The lowest BCUT2D eigenvalue weighted by molar-refractivity contribution is -0.384. The topological polar surface area (TPSA) is 126 Å². The predicted octanol–water partition coefficient (Wildman–Crippen LogP) is 0.288. The fraction of sp³-hybridized carbons (Fsp3) is 0. The second kappa shape index (κ2) is 3.70. The van der Waals surface area contributed by atoms with E-state index in [1.807, 2.05) is 0 Å². The first-order valence-electron chi connectivity index (χ1n) is 4.41. The van der Waals surface area contributed by atoms with Gasteiger partial charge >= 0.3 is 0 Å². The minimum atomic E-state index is -0.667. The Labute approximate surface area is 93.8 Å². The fourth-order valence-electron chi connectivity index (χ4n) is 1.33. The molecule has 0 fully saturated rings. The summed E-state index contributed by atoms with van der Waals surface area (Å²) >= 11 is 0. The zero-order chi connectivity index (χ0) is 12.6. The molecule has 1 heterocycles. The van der Waals surface area contributed by atoms with Crippen LogP contribution in [-0.2, 0) is 0 Å². The van der Waals surface area contributed by atoms with Crippen molar-refractivity contribution in [3.63, 3.8) is 0 Å². The number of nitro groups is 1. The second-order valence-electron chi connectivity index (χ2n) is 3.17. The van der Waals surface area contributed by atoms with Crippen LogP contribution in [0.25, 0.3) is 11.4 Å². The lowest BCUT2D eigenvalue weighted by Gasteiger charge is -2.02. The summed E-state index contributed by atoms with van der Waals surface area (Å²) in [6.07, 6.45) is 0. The summed E-state index contributed by atoms with van der Waals surface area (Å²) < 4.78 is 13.9. The number of aromatic nitrogens is 3. The van der Waals surface area contributed by atoms with Gasteiger partial charge in [0.2, 0.25) is 5.95 Å². The SMILES string of the molecule is Nc1nnc(-c2cc(F)ccc2[N+](=O)[O-])n1N. The Morgan fingerprint density at radius 2 is 2.12 bits per heavy atom. The van der Waals surface area contributed by atoms with Crippen LogP contribution in [0.2, 0.25) is 0 Å². The number of anilines is 1. The highest BCUT2D eigenvalue weighted by molar-refractivity contribution is 5.69. The number of halogens is 1. The van der Waals surface area contributed by atoms with E-state index in [2.05, 4.69) is 10.2 Å². The van der Waals surface area contributed by atoms with Crippen LogP contribution in [0.3, 0.4) is 0 Å². The molecule has 0 aliphatic heterocycles. The summed E-state index contributed by atoms with van der Waals surface area (Å²) in [5.41, 5.74) is 4.93. The summed E-state index contributed by atoms with van der Waals surface area (Å²) in [4.78, 5) is 10.1. The quantitative estimate of drug-likeness (QED) is 0.439. The molecule has 0 saturated carbocycles. The summed E-state index contributed by atoms with van der Waals surface area (Å²) in [5.74, 6) is 4.63. The first-order valence-corrected chi connectivity index (χ1v) is 4.41. The van der Waals surface area contributed by atoms with Gasteiger partial charge in [-0.15, -0.1) is 10.2 Å². The van der Waals surface area contributed by atoms with Gasteiger partial charge in [-0.2, -0.15) is 0 Å². The van der Waals surface area contributed by atoms with Crippen molar-refractivity contribution in [1.82, 2.24) is 14.9 Å². The maximum absolute atomic E-state index is 13.1. The fourth-order valence-corrected chi connectivity index (χ4v) is 1.33. The molecule has 8 nitrogen and oxygen atoms in total. The lowest BCUT2D eigenvalue weighted by Crippen LogP contribution is -2.13. The summed E-state index contributed by atoms with van der Waals surface area (Å²) in [6, 6.07) is 2.95. The molecule has 2 rings (SSSR count). The Bertz CT molecular complexity index is 596. The second-order valence-corrected chi connectivity index (χ2v) is 3.17. The van der Waals surface area contributed by atoms with Gasteiger partial charge in [0, 0.05) is 6.07 Å². The van der Waals surface area contributed by atoms with Crippen LogP contribution in [0.5, 0.6) is 0 Å². The number of hydrogen-bond donors (Lipinski definition) is 2. The Morgan fingerprint density at radius 1 is 1.41 bits per heavy atom. The van der Waals surface area contributed by atoms with Crippen molar-refractivity contribution in [1.29, 1.82) is 0 Å². The van der Waals surface area contributed by atoms with Gasteiger partial charge in [0.05, 0.1) is 4.92 Å². The van der Waals surface area contributed by atoms with Crippen molar-refractivity contribution in [2.75, 3.05) is 11.6 Å². The molecule has 1 aromatic carbocycles. The van der Waals surface area contributed by atoms with Gasteiger partial charge in [0.1, 0.15) is 11.4 Å². The Kier molecular flexibility index (Phi) is 2.35. The molecule has 0 atom stereocenters. The third-order valence-electron chi connectivity index (χ3n) is 2.12. The highest BCUT2D eigenvalue weighted by Gasteiger charge is 2.21. The molecule has 0 spiro atoms. The third-order valence-corrected chi connectivity index (χ3v) is 2.12. The maximum Gasteiger partial charge on any atom is 0.280 e. The first kappa shape index (κ1) is 10.8. The smallest absolute Gasteiger partial charge is 0.280 e. The normalized spacial score (nSPS) is 10.4. The molecule has 0 radical (unpaired) electrons. The number of nitro benzene ring substituents is 1. The molecule has 0 amide bonds. The zero-order valence-electron chi connectivity index (χ0n) is 8.37. The van der Waals surface area contributed by atoms with E-state index in [0.717, 1.165) is 22.9 Å². The first-order chi connectivity index (χ1) is 8.00. The van der Waals surface area contributed by atoms with Crippen LogP contribution in [0, 0.1) is 15.9 Å². The summed E-state index contributed by atoms with van der Waals surface area (Å²) in [6.45, 7) is 0. The lowest BCUT2D eigenvalue weighted by atomic mass is 10.1. The number of nitrogens with two attached hydrogens (primary N) is 2. The number of nitrogen functional groups attached to an aromatic ring is 2. The molecule has 0 unspecified atom stereocenters. The van der Waals surface area contributed by atoms with E-state index >= 15 is 0 Å². The van der Waals surface area contributed by atoms with Crippen molar-refractivity contribution in [2.45, 2.75) is 0 Å². The molecule has 1 aromatic heterocycles. The van der Waals surface area contributed by atoms with E-state index in [0.29, 0.717) is 0 Å². The number of rotatable bonds is 2. The van der Waals surface area contributed by atoms with Crippen LogP contribution in [-0.4, -0.2) is 19.8 Å². The highest BCUT2D eigenvalue weighted by Crippen LogP contribution is 2.28. The van der Waals surface area contributed by atoms with Crippen LogP contribution in [0.1, 0.15) is 0 Å². The molecule has 0 saturated heterocycles. The van der Waals surface area contributed by atoms with Crippen molar-refractivity contribution in [3.05, 3.63) is 34.1 Å². The predicted molar refractivity (Wildman–Crippen MR) is 56.6 cm³/mol. The monoisotopic (exact) mass is 238 g/mol. The molecule has 9 heteroatoms. The molecule has 0 aliphatic carbocycles. The van der Waals surface area contributed by atoms with E-state index in [1.165, 1.54) is 0 Å². The molecule has 2 aromatic rings. The minimum Gasteiger partial charge on any atom is -0.366 e. The zero-order valence-corrected chi connectivity index (χ0v) is 8.37. The van der Waals surface area contributed by atoms with Crippen LogP contribution in [0.15, 0.2) is 18.2 Å². The Morgan fingerprint density at radius 3 is 2.65 bits per heavy atom. The van der Waals surface area contributed by atoms with E-state index in [-0.39, 0.29) is 23.0 Å². The maximum atomic E-state index is 13.1. The van der Waals surface area contributed by atoms with Gasteiger partial charge in [-0.3, -0.25) is 10.1 Å². The molecule has 0 bridgehead atoms. The van der Waals surface area contributed by atoms with Gasteiger partial charge in [-0.1, -0.05) is 0 Å². The summed E-state index contributed by atoms with van der Waals surface area (Å²) in [5, 5.41) is 17.8. The molecule has 0 aliphatic rings. The van der Waals surface area contributed by atoms with Crippen molar-refractivity contribution < 1.29 is 9.31 Å². The molecule has 4 N–H and O–H groups in total. The number of benzene rings is 1. The average Bonchev–Trinajstić information content (AvgIpc) is 2.59. The van der Waals surface area contributed by atoms with E-state index in [4.69, 9.17) is 11.6 Å². The molecular formula is C8H7FN6O2. The van der Waals surface area contributed by atoms with Gasteiger partial charge < -0.3 is 11.6 Å². The van der Waals surface area contributed by atoms with Gasteiger partial charge in [-0.05, 0) is 12.1 Å². The van der Waals surface area contributed by atoms with Gasteiger partial charge in [-0.25, -0.2) is 9.07 Å². The molecule has 88 valence electrons. The van der Waals surface area contributed by atoms with Crippen molar-refractivity contribution in [3.8, 4) is 11.4 Å². The van der Waals surface area contributed by atoms with Gasteiger partial charge in [0.25, 0.3) is 5.69 Å². The third kappa shape index (κ3) is 1.73. The summed E-state index contributed by atoms with van der Waals surface area (Å²) in [7, 11) is 0. The molecule has 17 heavy (non-hydrogen) atoms. The number of nitrogens with zero attached hydrogens (tertiary/aromatic N) is 4. The average molecular weight is 238 g/mol.